The summed E-state index contributed by atoms with van der Waals surface area (Å²) >= 11 is 0. The fourth-order valence-electron chi connectivity index (χ4n) is 11.0. The first kappa shape index (κ1) is 83.2. The normalized spacial score (nSPS) is 11.5. The maximum Gasteiger partial charge on any atom is 0.221 e. The van der Waals surface area contributed by atoms with Gasteiger partial charge in [-0.3, -0.25) is 24.2 Å². The average Bonchev–Trinajstić information content (AvgIpc) is 3.48. The second-order valence-electron chi connectivity index (χ2n) is 24.5. The maximum atomic E-state index is 12.6. The molecule has 0 fully saturated rings. The summed E-state index contributed by atoms with van der Waals surface area (Å²) in [5.74, 6) is 0.303. The summed E-state index contributed by atoms with van der Waals surface area (Å²) in [6.07, 6.45) is 58.7. The zero-order chi connectivity index (χ0) is 60.8. The van der Waals surface area contributed by atoms with Crippen molar-refractivity contribution in [3.63, 3.8) is 0 Å². The molecule has 0 aromatic rings. The number of aliphatic hydroxyl groups excluding tert-OH is 3. The highest BCUT2D eigenvalue weighted by Gasteiger charge is 2.14. The van der Waals surface area contributed by atoms with Crippen molar-refractivity contribution < 1.29 is 29.7 Å². The van der Waals surface area contributed by atoms with Crippen molar-refractivity contribution in [2.75, 3.05) is 111 Å². The lowest BCUT2D eigenvalue weighted by molar-refractivity contribution is -0.122. The number of hydrogen-bond acceptors (Lipinski definition) is 10. The fraction of sp³-hybridized carbons (Fsp3) is 0.957. The maximum absolute atomic E-state index is 12.6. The van der Waals surface area contributed by atoms with E-state index in [0.29, 0.717) is 58.5 Å². The van der Waals surface area contributed by atoms with Crippen molar-refractivity contribution in [1.82, 2.24) is 36.0 Å². The predicted molar refractivity (Wildman–Crippen MR) is 358 cm³/mol. The second kappa shape index (κ2) is 72.6. The monoisotopic (exact) mass is 1180 g/mol. The number of amides is 3. The molecule has 496 valence electrons. The Morgan fingerprint density at radius 1 is 0.241 bits per heavy atom. The number of carbonyl (C=O) groups is 3. The van der Waals surface area contributed by atoms with E-state index >= 15 is 0 Å². The number of unbranched alkanes of at least 4 members (excludes halogenated alkanes) is 39. The molecule has 0 spiro atoms. The molecule has 0 rings (SSSR count). The van der Waals surface area contributed by atoms with Gasteiger partial charge in [0, 0.05) is 104 Å². The van der Waals surface area contributed by atoms with Crippen LogP contribution in [-0.4, -0.2) is 159 Å². The van der Waals surface area contributed by atoms with Crippen LogP contribution >= 0.6 is 0 Å². The molecule has 7 N–H and O–H groups in total. The molecular formula is C70H145N7O6. The highest BCUT2D eigenvalue weighted by Crippen LogP contribution is 2.16. The molecule has 0 aliphatic rings. The van der Waals surface area contributed by atoms with Gasteiger partial charge in [-0.25, -0.2) is 0 Å². The van der Waals surface area contributed by atoms with Crippen LogP contribution in [0.1, 0.15) is 323 Å². The molecule has 0 atom stereocenters. The van der Waals surface area contributed by atoms with E-state index in [-0.39, 0.29) is 37.5 Å². The van der Waals surface area contributed by atoms with Crippen LogP contribution in [0.3, 0.4) is 0 Å². The van der Waals surface area contributed by atoms with Gasteiger partial charge in [0.25, 0.3) is 0 Å². The first-order valence-corrected chi connectivity index (χ1v) is 36.3. The molecule has 0 saturated carbocycles. The number of nitrogens with zero attached hydrogens (tertiary/aromatic N) is 3. The summed E-state index contributed by atoms with van der Waals surface area (Å²) < 4.78 is 0. The largest absolute Gasteiger partial charge is 0.395 e. The van der Waals surface area contributed by atoms with Gasteiger partial charge >= 0.3 is 0 Å². The molecule has 13 nitrogen and oxygen atoms in total. The van der Waals surface area contributed by atoms with Gasteiger partial charge in [0.2, 0.25) is 17.7 Å². The second-order valence-corrected chi connectivity index (χ2v) is 24.5. The van der Waals surface area contributed by atoms with E-state index in [1.807, 2.05) is 4.90 Å². The van der Waals surface area contributed by atoms with Crippen molar-refractivity contribution in [2.45, 2.75) is 323 Å². The average molecular weight is 1180 g/mol. The Morgan fingerprint density at radius 3 is 0.747 bits per heavy atom. The van der Waals surface area contributed by atoms with Gasteiger partial charge in [0.05, 0.1) is 19.8 Å². The van der Waals surface area contributed by atoms with Gasteiger partial charge in [-0.2, -0.15) is 0 Å². The number of rotatable bonds is 68. The van der Waals surface area contributed by atoms with E-state index in [0.717, 1.165) is 78.0 Å². The van der Waals surface area contributed by atoms with E-state index in [9.17, 15) is 24.6 Å². The van der Waals surface area contributed by atoms with Crippen molar-refractivity contribution in [3.8, 4) is 0 Å². The number of aliphatic hydroxyl groups is 3. The summed E-state index contributed by atoms with van der Waals surface area (Å²) in [6.45, 7) is 19.4. The lowest BCUT2D eigenvalue weighted by Gasteiger charge is -2.26. The Balaban J connectivity index is 0. The molecule has 0 saturated heterocycles. The Hall–Kier alpha value is -1.87. The van der Waals surface area contributed by atoms with Crippen LogP contribution in [-0.2, 0) is 14.4 Å². The molecule has 13 heteroatoms. The van der Waals surface area contributed by atoms with Gasteiger partial charge in [0.1, 0.15) is 0 Å². The van der Waals surface area contributed by atoms with E-state index in [4.69, 9.17) is 5.11 Å². The molecule has 0 heterocycles. The van der Waals surface area contributed by atoms with Crippen LogP contribution in [0.15, 0.2) is 0 Å². The third kappa shape index (κ3) is 69.1. The van der Waals surface area contributed by atoms with Crippen LogP contribution in [0.25, 0.3) is 0 Å². The van der Waals surface area contributed by atoms with Crippen LogP contribution in [0.4, 0.5) is 0 Å². The minimum atomic E-state index is 0.0450. The molecule has 0 aliphatic heterocycles. The molecular weight excluding hydrogens is 1030 g/mol. The van der Waals surface area contributed by atoms with Crippen molar-refractivity contribution in [2.24, 2.45) is 0 Å². The van der Waals surface area contributed by atoms with Crippen LogP contribution < -0.4 is 21.3 Å². The van der Waals surface area contributed by atoms with Crippen LogP contribution in [0.5, 0.6) is 0 Å². The van der Waals surface area contributed by atoms with Crippen molar-refractivity contribution in [3.05, 3.63) is 0 Å². The third-order valence-corrected chi connectivity index (χ3v) is 16.5. The Morgan fingerprint density at radius 2 is 0.482 bits per heavy atom. The summed E-state index contributed by atoms with van der Waals surface area (Å²) in [4.78, 5) is 43.6. The standard InChI is InChI=1S/C44H90N4O4.C26H55N3O2/c1-3-5-7-9-11-13-15-17-19-21-23-25-27-29-33-45-43(51)31-35-47(37-38-48(39-41-49)40-42-50)36-32-44(52)46-34-30-28-26-24-22-20-18-16-14-12-10-8-6-4-2;1-3-5-6-7-8-9-10-11-12-13-14-15-16-17-19-28-26(31)18-20-27-21-23-29(22-4-2)24-25-30/h49-50H,3-42H2,1-2H3,(H,45,51)(H,46,52);27,30H,3-25H2,1-2H3,(H,28,31). The number of hydrogen-bond donors (Lipinski definition) is 7. The molecule has 0 aliphatic carbocycles. The minimum absolute atomic E-state index is 0.0450. The summed E-state index contributed by atoms with van der Waals surface area (Å²) in [5, 5.41) is 40.4. The van der Waals surface area contributed by atoms with Gasteiger partial charge < -0.3 is 41.5 Å². The van der Waals surface area contributed by atoms with Gasteiger partial charge in [-0.15, -0.1) is 0 Å². The topological polar surface area (TPSA) is 170 Å². The number of carbonyl (C=O) groups excluding carboxylic acids is 3. The smallest absolute Gasteiger partial charge is 0.221 e. The van der Waals surface area contributed by atoms with Crippen LogP contribution in [0, 0.1) is 0 Å². The third-order valence-electron chi connectivity index (χ3n) is 16.5. The molecule has 0 aromatic heterocycles. The zero-order valence-electron chi connectivity index (χ0n) is 56.0. The lowest BCUT2D eigenvalue weighted by atomic mass is 10.0. The van der Waals surface area contributed by atoms with Crippen molar-refractivity contribution in [1.29, 1.82) is 0 Å². The first-order valence-electron chi connectivity index (χ1n) is 36.3. The van der Waals surface area contributed by atoms with E-state index < -0.39 is 0 Å². The van der Waals surface area contributed by atoms with Gasteiger partial charge in [-0.1, -0.05) is 278 Å². The minimum Gasteiger partial charge on any atom is -0.395 e. The van der Waals surface area contributed by atoms with Gasteiger partial charge in [0.15, 0.2) is 0 Å². The Kier molecular flexibility index (Phi) is 72.8. The summed E-state index contributed by atoms with van der Waals surface area (Å²) in [5.41, 5.74) is 0. The summed E-state index contributed by atoms with van der Waals surface area (Å²) in [7, 11) is 0. The lowest BCUT2D eigenvalue weighted by Crippen LogP contribution is -2.41. The molecule has 0 unspecified atom stereocenters. The molecule has 0 radical (unpaired) electrons. The molecule has 3 amide bonds. The van der Waals surface area contributed by atoms with Crippen LogP contribution in [0.2, 0.25) is 0 Å². The zero-order valence-corrected chi connectivity index (χ0v) is 56.0. The fourth-order valence-corrected chi connectivity index (χ4v) is 11.0. The first-order chi connectivity index (χ1) is 40.8. The molecule has 0 aromatic carbocycles. The molecule has 0 bridgehead atoms. The quantitative estimate of drug-likeness (QED) is 0.0291. The van der Waals surface area contributed by atoms with E-state index in [1.165, 1.54) is 250 Å². The SMILES string of the molecule is CCCCCCCCCCCCCCCCNC(=O)CCN(CCC(=O)NCCCCCCCCCCCCCCCC)CCN(CCO)CCO.CCCCCCCCCCCCCCCCNC(=O)CCNCCN(CCC)CCO. The summed E-state index contributed by atoms with van der Waals surface area (Å²) in [6, 6.07) is 0. The van der Waals surface area contributed by atoms with Crippen molar-refractivity contribution >= 4 is 17.7 Å². The van der Waals surface area contributed by atoms with Gasteiger partial charge in [-0.05, 0) is 32.2 Å². The highest BCUT2D eigenvalue weighted by atomic mass is 16.3. The highest BCUT2D eigenvalue weighted by molar-refractivity contribution is 5.77. The number of nitrogens with one attached hydrogen (secondary N) is 4. The predicted octanol–water partition coefficient (Wildman–Crippen LogP) is 14.8. The van der Waals surface area contributed by atoms with E-state index in [1.54, 1.807) is 0 Å². The Bertz CT molecular complexity index is 1220. The van der Waals surface area contributed by atoms with E-state index in [2.05, 4.69) is 58.8 Å². The molecule has 83 heavy (non-hydrogen) atoms. The Labute approximate surface area is 515 Å².